The SMILES string of the molecule is CC(CCl)CS(=O)(=O)N1CCC1C(N)=O. The van der Waals surface area contributed by atoms with Crippen molar-refractivity contribution in [2.24, 2.45) is 11.7 Å². The topological polar surface area (TPSA) is 80.5 Å². The fourth-order valence-corrected chi connectivity index (χ4v) is 3.73. The first-order valence-corrected chi connectivity index (χ1v) is 6.87. The van der Waals surface area contributed by atoms with Crippen LogP contribution < -0.4 is 5.73 Å². The Bertz CT molecular complexity index is 344. The number of hydrogen-bond acceptors (Lipinski definition) is 3. The number of sulfonamides is 1. The first kappa shape index (κ1) is 12.7. The smallest absolute Gasteiger partial charge is 0.235 e. The monoisotopic (exact) mass is 254 g/mol. The van der Waals surface area contributed by atoms with Crippen LogP contribution in [0.3, 0.4) is 0 Å². The lowest BCUT2D eigenvalue weighted by molar-refractivity contribution is -0.124. The Hall–Kier alpha value is -0.330. The van der Waals surface area contributed by atoms with Crippen molar-refractivity contribution in [2.75, 3.05) is 18.2 Å². The summed E-state index contributed by atoms with van der Waals surface area (Å²) >= 11 is 5.55. The molecule has 15 heavy (non-hydrogen) atoms. The molecule has 2 atom stereocenters. The Morgan fingerprint density at radius 3 is 2.60 bits per heavy atom. The van der Waals surface area contributed by atoms with Crippen LogP contribution in [0, 0.1) is 5.92 Å². The normalized spacial score (nSPS) is 24.5. The average Bonchev–Trinajstić information content (AvgIpc) is 1.98. The van der Waals surface area contributed by atoms with E-state index in [-0.39, 0.29) is 17.6 Å². The second-order valence-electron chi connectivity index (χ2n) is 3.86. The lowest BCUT2D eigenvalue weighted by atomic mass is 10.1. The second kappa shape index (κ2) is 4.67. The minimum Gasteiger partial charge on any atom is -0.368 e. The first-order valence-electron chi connectivity index (χ1n) is 4.73. The molecule has 7 heteroatoms. The summed E-state index contributed by atoms with van der Waals surface area (Å²) in [4.78, 5) is 10.9. The summed E-state index contributed by atoms with van der Waals surface area (Å²) in [5.41, 5.74) is 5.08. The van der Waals surface area contributed by atoms with Crippen molar-refractivity contribution in [3.05, 3.63) is 0 Å². The van der Waals surface area contributed by atoms with Crippen LogP contribution in [0.15, 0.2) is 0 Å². The quantitative estimate of drug-likeness (QED) is 0.687. The van der Waals surface area contributed by atoms with E-state index in [0.717, 1.165) is 0 Å². The summed E-state index contributed by atoms with van der Waals surface area (Å²) in [7, 11) is -3.38. The molecular formula is C8H15ClN2O3S. The lowest BCUT2D eigenvalue weighted by Crippen LogP contribution is -2.58. The molecule has 0 aromatic carbocycles. The highest BCUT2D eigenvalue weighted by atomic mass is 35.5. The maximum atomic E-state index is 11.8. The molecule has 1 aliphatic rings. The van der Waals surface area contributed by atoms with Gasteiger partial charge in [-0.3, -0.25) is 4.79 Å². The van der Waals surface area contributed by atoms with Gasteiger partial charge in [0, 0.05) is 12.4 Å². The molecular weight excluding hydrogens is 240 g/mol. The average molecular weight is 255 g/mol. The molecule has 5 nitrogen and oxygen atoms in total. The Balaban J connectivity index is 2.67. The van der Waals surface area contributed by atoms with Gasteiger partial charge >= 0.3 is 0 Å². The molecule has 0 aromatic rings. The molecule has 1 rings (SSSR count). The van der Waals surface area contributed by atoms with Gasteiger partial charge < -0.3 is 5.73 Å². The largest absolute Gasteiger partial charge is 0.368 e. The molecule has 88 valence electrons. The zero-order chi connectivity index (χ0) is 11.6. The molecule has 2 N–H and O–H groups in total. The molecule has 2 unspecified atom stereocenters. The van der Waals surface area contributed by atoms with E-state index < -0.39 is 22.0 Å². The Morgan fingerprint density at radius 2 is 2.27 bits per heavy atom. The second-order valence-corrected chi connectivity index (χ2v) is 6.13. The maximum Gasteiger partial charge on any atom is 0.235 e. The Kier molecular flexibility index (Phi) is 3.97. The van der Waals surface area contributed by atoms with Gasteiger partial charge in [0.15, 0.2) is 0 Å². The highest BCUT2D eigenvalue weighted by molar-refractivity contribution is 7.89. The Labute approximate surface area is 94.6 Å². The van der Waals surface area contributed by atoms with Gasteiger partial charge in [0.05, 0.1) is 5.75 Å². The molecule has 0 saturated carbocycles. The number of nitrogens with two attached hydrogens (primary N) is 1. The third-order valence-corrected chi connectivity index (χ3v) is 5.08. The molecule has 0 aliphatic carbocycles. The number of halogens is 1. The van der Waals surface area contributed by atoms with Gasteiger partial charge in [0.25, 0.3) is 0 Å². The van der Waals surface area contributed by atoms with E-state index in [0.29, 0.717) is 13.0 Å². The lowest BCUT2D eigenvalue weighted by Gasteiger charge is -2.37. The fourth-order valence-electron chi connectivity index (χ4n) is 1.48. The van der Waals surface area contributed by atoms with E-state index in [9.17, 15) is 13.2 Å². The number of carbonyl (C=O) groups is 1. The summed E-state index contributed by atoms with van der Waals surface area (Å²) in [6, 6.07) is -0.655. The molecule has 0 aromatic heterocycles. The van der Waals surface area contributed by atoms with Gasteiger partial charge in [0.1, 0.15) is 6.04 Å². The minimum absolute atomic E-state index is 0.0275. The highest BCUT2D eigenvalue weighted by Gasteiger charge is 2.41. The summed E-state index contributed by atoms with van der Waals surface area (Å²) in [5, 5.41) is 0. The molecule has 1 aliphatic heterocycles. The third kappa shape index (κ3) is 2.83. The fraction of sp³-hybridized carbons (Fsp3) is 0.875. The molecule has 1 heterocycles. The van der Waals surface area contributed by atoms with Crippen molar-refractivity contribution in [3.63, 3.8) is 0 Å². The molecule has 1 amide bonds. The van der Waals surface area contributed by atoms with Gasteiger partial charge in [0.2, 0.25) is 15.9 Å². The summed E-state index contributed by atoms with van der Waals surface area (Å²) in [6.45, 7) is 2.13. The summed E-state index contributed by atoms with van der Waals surface area (Å²) in [6.07, 6.45) is 0.518. The van der Waals surface area contributed by atoms with Gasteiger partial charge in [-0.1, -0.05) is 6.92 Å². The number of nitrogens with zero attached hydrogens (tertiary/aromatic N) is 1. The number of amides is 1. The van der Waals surface area contributed by atoms with Crippen LogP contribution in [-0.4, -0.2) is 42.8 Å². The van der Waals surface area contributed by atoms with Crippen LogP contribution >= 0.6 is 11.6 Å². The van der Waals surface area contributed by atoms with Crippen LogP contribution in [0.2, 0.25) is 0 Å². The number of rotatable bonds is 5. The summed E-state index contributed by atoms with van der Waals surface area (Å²) < 4.78 is 24.7. The van der Waals surface area contributed by atoms with Crippen LogP contribution in [-0.2, 0) is 14.8 Å². The highest BCUT2D eigenvalue weighted by Crippen LogP contribution is 2.23. The van der Waals surface area contributed by atoms with Crippen molar-refractivity contribution < 1.29 is 13.2 Å². The zero-order valence-corrected chi connectivity index (χ0v) is 10.1. The minimum atomic E-state index is -3.38. The van der Waals surface area contributed by atoms with Crippen molar-refractivity contribution in [2.45, 2.75) is 19.4 Å². The number of alkyl halides is 1. The summed E-state index contributed by atoms with van der Waals surface area (Å²) in [5.74, 6) is -0.441. The van der Waals surface area contributed by atoms with E-state index in [4.69, 9.17) is 17.3 Å². The van der Waals surface area contributed by atoms with Gasteiger partial charge in [-0.15, -0.1) is 11.6 Å². The van der Waals surface area contributed by atoms with Crippen molar-refractivity contribution >= 4 is 27.5 Å². The van der Waals surface area contributed by atoms with Crippen LogP contribution in [0.1, 0.15) is 13.3 Å². The number of hydrogen-bond donors (Lipinski definition) is 1. The number of carbonyl (C=O) groups excluding carboxylic acids is 1. The standard InChI is InChI=1S/C8H15ClN2O3S/c1-6(4-9)5-15(13,14)11-3-2-7(11)8(10)12/h6-7H,2-5H2,1H3,(H2,10,12). The molecule has 1 fully saturated rings. The van der Waals surface area contributed by atoms with Crippen LogP contribution in [0.25, 0.3) is 0 Å². The van der Waals surface area contributed by atoms with Crippen molar-refractivity contribution in [3.8, 4) is 0 Å². The third-order valence-electron chi connectivity index (χ3n) is 2.41. The maximum absolute atomic E-state index is 11.8. The molecule has 0 bridgehead atoms. The zero-order valence-electron chi connectivity index (χ0n) is 8.52. The van der Waals surface area contributed by atoms with Gasteiger partial charge in [-0.25, -0.2) is 8.42 Å². The van der Waals surface area contributed by atoms with E-state index in [1.165, 1.54) is 4.31 Å². The molecule has 0 spiro atoms. The van der Waals surface area contributed by atoms with Crippen molar-refractivity contribution in [1.82, 2.24) is 4.31 Å². The number of primary amides is 1. The Morgan fingerprint density at radius 1 is 1.67 bits per heavy atom. The molecule has 0 radical (unpaired) electrons. The van der Waals surface area contributed by atoms with E-state index >= 15 is 0 Å². The van der Waals surface area contributed by atoms with Crippen molar-refractivity contribution in [1.29, 1.82) is 0 Å². The molecule has 1 saturated heterocycles. The van der Waals surface area contributed by atoms with E-state index in [1.54, 1.807) is 6.92 Å². The van der Waals surface area contributed by atoms with E-state index in [1.807, 2.05) is 0 Å². The van der Waals surface area contributed by atoms with Crippen LogP contribution in [0.4, 0.5) is 0 Å². The predicted molar refractivity (Wildman–Crippen MR) is 58.0 cm³/mol. The van der Waals surface area contributed by atoms with Crippen LogP contribution in [0.5, 0.6) is 0 Å². The van der Waals surface area contributed by atoms with Gasteiger partial charge in [-0.05, 0) is 12.3 Å². The predicted octanol–water partition coefficient (Wildman–Crippen LogP) is -0.249. The van der Waals surface area contributed by atoms with Gasteiger partial charge in [-0.2, -0.15) is 4.31 Å². The first-order chi connectivity index (χ1) is 6.88. The van der Waals surface area contributed by atoms with E-state index in [2.05, 4.69) is 0 Å².